The van der Waals surface area contributed by atoms with E-state index in [-0.39, 0.29) is 46.7 Å². The molecule has 25 heavy (non-hydrogen) atoms. The molecule has 0 bridgehead atoms. The molecule has 2 aromatic rings. The minimum absolute atomic E-state index is 0.0277. The van der Waals surface area contributed by atoms with Gasteiger partial charge in [0.25, 0.3) is 5.89 Å². The van der Waals surface area contributed by atoms with Crippen LogP contribution in [-0.4, -0.2) is 42.0 Å². The van der Waals surface area contributed by atoms with Crippen molar-refractivity contribution in [2.45, 2.75) is 30.6 Å². The number of aliphatic hydroxyl groups excluding tert-OH is 1. The van der Waals surface area contributed by atoms with E-state index in [4.69, 9.17) is 4.42 Å². The highest BCUT2D eigenvalue weighted by Gasteiger charge is 2.30. The summed E-state index contributed by atoms with van der Waals surface area (Å²) < 4.78 is 44.2. The van der Waals surface area contributed by atoms with Crippen molar-refractivity contribution in [2.24, 2.45) is 0 Å². The Morgan fingerprint density at radius 3 is 2.76 bits per heavy atom. The van der Waals surface area contributed by atoms with Crippen LogP contribution in [0, 0.1) is 5.82 Å². The fraction of sp³-hybridized carbons (Fsp3) is 0.400. The predicted octanol–water partition coefficient (Wildman–Crippen LogP) is 1.26. The van der Waals surface area contributed by atoms with Gasteiger partial charge in [0.15, 0.2) is 9.84 Å². The number of halogens is 1. The van der Waals surface area contributed by atoms with Crippen molar-refractivity contribution in [1.29, 1.82) is 0 Å². The summed E-state index contributed by atoms with van der Waals surface area (Å²) in [7, 11) is -3.78. The number of fused-ring (bicyclic) bond motifs is 1. The molecule has 3 rings (SSSR count). The zero-order valence-electron chi connectivity index (χ0n) is 13.5. The first-order chi connectivity index (χ1) is 11.6. The number of carbonyl (C=O) groups is 1. The molecule has 10 heteroatoms. The third-order valence-electron chi connectivity index (χ3n) is 3.91. The quantitative estimate of drug-likeness (QED) is 0.835. The number of rotatable bonds is 3. The lowest BCUT2D eigenvalue weighted by atomic mass is 9.95. The van der Waals surface area contributed by atoms with Gasteiger partial charge >= 0.3 is 0 Å². The maximum Gasteiger partial charge on any atom is 0.250 e. The molecular formula is C15H16FN3O5S. The van der Waals surface area contributed by atoms with Crippen LogP contribution >= 0.6 is 0 Å². The van der Waals surface area contributed by atoms with E-state index in [0.29, 0.717) is 0 Å². The van der Waals surface area contributed by atoms with E-state index in [0.717, 1.165) is 12.1 Å². The van der Waals surface area contributed by atoms with Gasteiger partial charge in [0.05, 0.1) is 33.9 Å². The average molecular weight is 369 g/mol. The highest BCUT2D eigenvalue weighted by Crippen LogP contribution is 2.34. The Morgan fingerprint density at radius 2 is 2.08 bits per heavy atom. The van der Waals surface area contributed by atoms with Crippen LogP contribution in [-0.2, 0) is 20.0 Å². The van der Waals surface area contributed by atoms with Gasteiger partial charge in [0.1, 0.15) is 5.82 Å². The normalized spacial score (nSPS) is 16.9. The van der Waals surface area contributed by atoms with E-state index < -0.39 is 27.0 Å². The summed E-state index contributed by atoms with van der Waals surface area (Å²) in [5.41, 5.74) is -0.978. The molecule has 1 aromatic heterocycles. The largest absolute Gasteiger partial charge is 0.420 e. The van der Waals surface area contributed by atoms with Crippen molar-refractivity contribution in [3.8, 4) is 11.5 Å². The van der Waals surface area contributed by atoms with Crippen molar-refractivity contribution >= 4 is 21.4 Å². The van der Waals surface area contributed by atoms with E-state index in [2.05, 4.69) is 15.5 Å². The molecule has 0 radical (unpaired) electrons. The molecule has 1 aliphatic heterocycles. The Kier molecular flexibility index (Phi) is 4.12. The second-order valence-corrected chi connectivity index (χ2v) is 8.48. The van der Waals surface area contributed by atoms with Crippen LogP contribution in [0.3, 0.4) is 0 Å². The molecule has 2 heterocycles. The smallest absolute Gasteiger partial charge is 0.250 e. The van der Waals surface area contributed by atoms with Crippen LogP contribution < -0.4 is 5.32 Å². The number of benzene rings is 1. The molecule has 1 aliphatic rings. The van der Waals surface area contributed by atoms with E-state index in [1.54, 1.807) is 13.8 Å². The number of carbonyl (C=O) groups excluding carboxylic acids is 1. The summed E-state index contributed by atoms with van der Waals surface area (Å²) in [6.45, 7) is 3.09. The first kappa shape index (κ1) is 17.5. The maximum absolute atomic E-state index is 14.5. The lowest BCUT2D eigenvalue weighted by Gasteiger charge is -2.15. The molecule has 1 amide bonds. The van der Waals surface area contributed by atoms with Crippen LogP contribution in [0.15, 0.2) is 21.4 Å². The zero-order chi connectivity index (χ0) is 18.4. The van der Waals surface area contributed by atoms with Gasteiger partial charge in [0, 0.05) is 6.42 Å². The summed E-state index contributed by atoms with van der Waals surface area (Å²) in [6, 6.07) is 2.00. The summed E-state index contributed by atoms with van der Waals surface area (Å²) >= 11 is 0. The van der Waals surface area contributed by atoms with Gasteiger partial charge in [-0.3, -0.25) is 4.79 Å². The fourth-order valence-electron chi connectivity index (χ4n) is 2.30. The van der Waals surface area contributed by atoms with Crippen molar-refractivity contribution in [2.75, 3.05) is 17.7 Å². The van der Waals surface area contributed by atoms with Crippen molar-refractivity contribution in [1.82, 2.24) is 10.2 Å². The molecule has 0 atom stereocenters. The van der Waals surface area contributed by atoms with Crippen molar-refractivity contribution in [3.63, 3.8) is 0 Å². The summed E-state index contributed by atoms with van der Waals surface area (Å²) in [6.07, 6.45) is -0.205. The molecule has 0 spiro atoms. The molecule has 8 nitrogen and oxygen atoms in total. The molecule has 0 saturated heterocycles. The number of hydrogen-bond acceptors (Lipinski definition) is 7. The first-order valence-electron chi connectivity index (χ1n) is 7.45. The fourth-order valence-corrected chi connectivity index (χ4v) is 3.70. The van der Waals surface area contributed by atoms with Gasteiger partial charge in [-0.05, 0) is 26.0 Å². The molecule has 0 unspecified atom stereocenters. The van der Waals surface area contributed by atoms with Gasteiger partial charge in [0.2, 0.25) is 11.8 Å². The van der Waals surface area contributed by atoms with Crippen LogP contribution in [0.1, 0.15) is 26.2 Å². The van der Waals surface area contributed by atoms with Gasteiger partial charge in [-0.15, -0.1) is 10.2 Å². The third kappa shape index (κ3) is 3.14. The Balaban J connectivity index is 2.12. The summed E-state index contributed by atoms with van der Waals surface area (Å²) in [5, 5.41) is 19.4. The summed E-state index contributed by atoms with van der Waals surface area (Å²) in [4.78, 5) is 11.4. The molecule has 0 aliphatic carbocycles. The second-order valence-electron chi connectivity index (χ2n) is 6.40. The van der Waals surface area contributed by atoms with E-state index in [9.17, 15) is 22.7 Å². The minimum atomic E-state index is -3.78. The molecule has 0 fully saturated rings. The number of aromatic nitrogens is 2. The van der Waals surface area contributed by atoms with E-state index in [1.807, 2.05) is 0 Å². The Morgan fingerprint density at radius 1 is 1.36 bits per heavy atom. The lowest BCUT2D eigenvalue weighted by molar-refractivity contribution is -0.115. The Bertz CT molecular complexity index is 952. The number of nitrogens with one attached hydrogen (secondary N) is 1. The molecule has 134 valence electrons. The SMILES string of the molecule is CC(C)(CO)c1nnc(-c2cc3c(cc2F)S(=O)(=O)CCC(=O)N3)o1. The number of sulfone groups is 1. The highest BCUT2D eigenvalue weighted by molar-refractivity contribution is 7.91. The summed E-state index contributed by atoms with van der Waals surface area (Å²) in [5.74, 6) is -1.80. The Labute approximate surface area is 143 Å². The first-order valence-corrected chi connectivity index (χ1v) is 9.11. The van der Waals surface area contributed by atoms with E-state index in [1.165, 1.54) is 0 Å². The number of aliphatic hydroxyl groups is 1. The monoisotopic (exact) mass is 369 g/mol. The van der Waals surface area contributed by atoms with Crippen LogP contribution in [0.5, 0.6) is 0 Å². The highest BCUT2D eigenvalue weighted by atomic mass is 32.2. The third-order valence-corrected chi connectivity index (χ3v) is 5.66. The lowest BCUT2D eigenvalue weighted by Crippen LogP contribution is -2.22. The molecular weight excluding hydrogens is 353 g/mol. The topological polar surface area (TPSA) is 122 Å². The average Bonchev–Trinajstić information content (AvgIpc) is 3.01. The molecule has 2 N–H and O–H groups in total. The number of amides is 1. The molecule has 0 saturated carbocycles. The van der Waals surface area contributed by atoms with Crippen LogP contribution in [0.4, 0.5) is 10.1 Å². The van der Waals surface area contributed by atoms with E-state index >= 15 is 0 Å². The van der Waals surface area contributed by atoms with Crippen LogP contribution in [0.25, 0.3) is 11.5 Å². The Hall–Kier alpha value is -2.33. The maximum atomic E-state index is 14.5. The van der Waals surface area contributed by atoms with Gasteiger partial charge < -0.3 is 14.8 Å². The number of anilines is 1. The van der Waals surface area contributed by atoms with Gasteiger partial charge in [-0.25, -0.2) is 12.8 Å². The standard InChI is InChI=1S/C15H16FN3O5S/c1-15(2,7-20)14-19-18-13(24-14)8-5-10-11(6-9(8)16)25(22,23)4-3-12(21)17-10/h5-6,20H,3-4,7H2,1-2H3,(H,17,21). The van der Waals surface area contributed by atoms with Gasteiger partial charge in [-0.1, -0.05) is 0 Å². The second kappa shape index (κ2) is 5.88. The number of hydrogen-bond donors (Lipinski definition) is 2. The molecule has 1 aromatic carbocycles. The van der Waals surface area contributed by atoms with Crippen molar-refractivity contribution < 1.29 is 27.1 Å². The zero-order valence-corrected chi connectivity index (χ0v) is 14.4. The predicted molar refractivity (Wildman–Crippen MR) is 85.1 cm³/mol. The van der Waals surface area contributed by atoms with Crippen molar-refractivity contribution in [3.05, 3.63) is 23.8 Å². The van der Waals surface area contributed by atoms with Gasteiger partial charge in [-0.2, -0.15) is 0 Å². The number of nitrogens with zero attached hydrogens (tertiary/aromatic N) is 2. The van der Waals surface area contributed by atoms with Crippen LogP contribution in [0.2, 0.25) is 0 Å². The minimum Gasteiger partial charge on any atom is -0.420 e.